The number of nitrogens with zero attached hydrogens (tertiary/aromatic N) is 2. The minimum absolute atomic E-state index is 0.0994. The maximum atomic E-state index is 12.2. The Kier molecular flexibility index (Phi) is 4.81. The van der Waals surface area contributed by atoms with E-state index >= 15 is 0 Å². The lowest BCUT2D eigenvalue weighted by Gasteiger charge is -2.05. The van der Waals surface area contributed by atoms with Crippen LogP contribution in [-0.4, -0.2) is 31.5 Å². The zero-order chi connectivity index (χ0) is 15.6. The van der Waals surface area contributed by atoms with Crippen molar-refractivity contribution in [2.45, 2.75) is 4.90 Å². The molecule has 0 fully saturated rings. The summed E-state index contributed by atoms with van der Waals surface area (Å²) in [6.45, 7) is 0. The molecule has 0 radical (unpaired) electrons. The van der Waals surface area contributed by atoms with Crippen LogP contribution in [0, 0.1) is 0 Å². The van der Waals surface area contributed by atoms with Gasteiger partial charge in [0.05, 0.1) is 10.9 Å². The molecular formula is C10H7BrClN3O4S2. The zero-order valence-electron chi connectivity index (χ0n) is 10.3. The summed E-state index contributed by atoms with van der Waals surface area (Å²) in [6, 6.07) is 2.61. The van der Waals surface area contributed by atoms with Crippen LogP contribution in [0.4, 0.5) is 5.95 Å². The Morgan fingerprint density at radius 1 is 1.52 bits per heavy atom. The third-order valence-corrected chi connectivity index (χ3v) is 5.95. The molecule has 0 atom stereocenters. The largest absolute Gasteiger partial charge is 0.465 e. The number of carbonyl (C=O) groups excluding carboxylic acids is 1. The molecule has 0 aliphatic heterocycles. The Morgan fingerprint density at radius 3 is 2.86 bits per heavy atom. The highest BCUT2D eigenvalue weighted by Gasteiger charge is 2.24. The monoisotopic (exact) mass is 411 g/mol. The molecule has 0 saturated carbocycles. The predicted molar refractivity (Wildman–Crippen MR) is 81.2 cm³/mol. The van der Waals surface area contributed by atoms with E-state index < -0.39 is 16.0 Å². The molecule has 2 rings (SSSR count). The number of aromatic nitrogens is 2. The first kappa shape index (κ1) is 16.1. The van der Waals surface area contributed by atoms with Gasteiger partial charge in [-0.25, -0.2) is 27.9 Å². The van der Waals surface area contributed by atoms with Crippen molar-refractivity contribution in [3.63, 3.8) is 0 Å². The van der Waals surface area contributed by atoms with E-state index in [1.54, 1.807) is 0 Å². The van der Waals surface area contributed by atoms with E-state index in [1.165, 1.54) is 25.4 Å². The van der Waals surface area contributed by atoms with Crippen molar-refractivity contribution in [1.82, 2.24) is 9.97 Å². The molecule has 112 valence electrons. The Balaban J connectivity index is 2.36. The number of esters is 1. The van der Waals surface area contributed by atoms with E-state index in [4.69, 9.17) is 11.6 Å². The van der Waals surface area contributed by atoms with E-state index in [2.05, 4.69) is 35.4 Å². The number of hydrogen-bond donors (Lipinski definition) is 1. The average molecular weight is 413 g/mol. The Labute approximate surface area is 137 Å². The van der Waals surface area contributed by atoms with E-state index in [1.807, 2.05) is 0 Å². The zero-order valence-corrected chi connectivity index (χ0v) is 14.3. The smallest absolute Gasteiger partial charge is 0.348 e. The molecule has 0 amide bonds. The van der Waals surface area contributed by atoms with Gasteiger partial charge in [-0.3, -0.25) is 0 Å². The fourth-order valence-corrected chi connectivity index (χ4v) is 4.87. The quantitative estimate of drug-likeness (QED) is 0.612. The number of nitrogens with one attached hydrogen (secondary N) is 1. The van der Waals surface area contributed by atoms with Gasteiger partial charge in [0, 0.05) is 6.20 Å². The molecule has 0 aliphatic carbocycles. The van der Waals surface area contributed by atoms with E-state index in [-0.39, 0.29) is 24.7 Å². The summed E-state index contributed by atoms with van der Waals surface area (Å²) in [5.74, 6) is -0.790. The first-order chi connectivity index (χ1) is 9.83. The van der Waals surface area contributed by atoms with Crippen LogP contribution in [-0.2, 0) is 14.8 Å². The third kappa shape index (κ3) is 3.70. The lowest BCUT2D eigenvalue weighted by Crippen LogP contribution is -2.14. The lowest BCUT2D eigenvalue weighted by molar-refractivity contribution is 0.0606. The van der Waals surface area contributed by atoms with E-state index in [9.17, 15) is 13.2 Å². The fraction of sp³-hybridized carbons (Fsp3) is 0.100. The van der Waals surface area contributed by atoms with Gasteiger partial charge in [-0.2, -0.15) is 0 Å². The summed E-state index contributed by atoms with van der Waals surface area (Å²) in [4.78, 5) is 18.9. The first-order valence-electron chi connectivity index (χ1n) is 5.22. The van der Waals surface area contributed by atoms with Crippen molar-refractivity contribution in [2.75, 3.05) is 11.8 Å². The molecule has 1 N–H and O–H groups in total. The highest BCUT2D eigenvalue weighted by Crippen LogP contribution is 2.32. The maximum absolute atomic E-state index is 12.2. The second-order valence-corrected chi connectivity index (χ2v) is 7.96. The molecular weight excluding hydrogens is 406 g/mol. The summed E-state index contributed by atoms with van der Waals surface area (Å²) in [5.41, 5.74) is 0. The second-order valence-electron chi connectivity index (χ2n) is 3.55. The van der Waals surface area contributed by atoms with Gasteiger partial charge in [-0.05, 0) is 28.1 Å². The van der Waals surface area contributed by atoms with Crippen LogP contribution < -0.4 is 4.72 Å². The average Bonchev–Trinajstić information content (AvgIpc) is 2.80. The number of ether oxygens (including phenoxy) is 1. The van der Waals surface area contributed by atoms with Gasteiger partial charge in [0.15, 0.2) is 0 Å². The van der Waals surface area contributed by atoms with Gasteiger partial charge in [0.2, 0.25) is 5.95 Å². The van der Waals surface area contributed by atoms with Crippen molar-refractivity contribution in [3.8, 4) is 0 Å². The molecule has 0 saturated heterocycles. The fourth-order valence-electron chi connectivity index (χ4n) is 1.30. The molecule has 0 bridgehead atoms. The first-order valence-corrected chi connectivity index (χ1v) is 8.69. The van der Waals surface area contributed by atoms with Crippen molar-refractivity contribution >= 4 is 60.8 Å². The molecule has 21 heavy (non-hydrogen) atoms. The molecule has 0 unspecified atom stereocenters. The van der Waals surface area contributed by atoms with Crippen LogP contribution in [0.15, 0.2) is 27.0 Å². The highest BCUT2D eigenvalue weighted by molar-refractivity contribution is 9.11. The molecule has 2 aromatic heterocycles. The molecule has 0 spiro atoms. The molecule has 11 heteroatoms. The van der Waals surface area contributed by atoms with Crippen molar-refractivity contribution in [3.05, 3.63) is 32.1 Å². The van der Waals surface area contributed by atoms with Crippen LogP contribution in [0.3, 0.4) is 0 Å². The number of rotatable bonds is 4. The standard InChI is InChI=1S/C10H7BrClN3O4S2/c1-19-9(16)5-4-6(8(11)20-5)21(17,18)15-10-13-3-2-7(12)14-10/h2-4H,1H3,(H,13,14,15). The summed E-state index contributed by atoms with van der Waals surface area (Å²) in [5, 5.41) is 0.0994. The van der Waals surface area contributed by atoms with Gasteiger partial charge < -0.3 is 4.74 Å². The lowest BCUT2D eigenvalue weighted by atomic mass is 10.5. The topological polar surface area (TPSA) is 98.2 Å². The minimum Gasteiger partial charge on any atom is -0.465 e. The normalized spacial score (nSPS) is 11.2. The van der Waals surface area contributed by atoms with Gasteiger partial charge in [-0.15, -0.1) is 11.3 Å². The Bertz CT molecular complexity index is 793. The number of halogens is 2. The maximum Gasteiger partial charge on any atom is 0.348 e. The Morgan fingerprint density at radius 2 is 2.24 bits per heavy atom. The second kappa shape index (κ2) is 6.26. The minimum atomic E-state index is -3.96. The summed E-state index contributed by atoms with van der Waals surface area (Å²) in [7, 11) is -2.75. The highest BCUT2D eigenvalue weighted by atomic mass is 79.9. The van der Waals surface area contributed by atoms with Gasteiger partial charge in [0.1, 0.15) is 14.9 Å². The molecule has 7 nitrogen and oxygen atoms in total. The van der Waals surface area contributed by atoms with Gasteiger partial charge in [-0.1, -0.05) is 11.6 Å². The number of methoxy groups -OCH3 is 1. The molecule has 0 aromatic carbocycles. The number of carbonyl (C=O) groups is 1. The van der Waals surface area contributed by atoms with Crippen molar-refractivity contribution in [2.24, 2.45) is 0 Å². The predicted octanol–water partition coefficient (Wildman–Crippen LogP) is 2.54. The number of hydrogen-bond acceptors (Lipinski definition) is 7. The summed E-state index contributed by atoms with van der Waals surface area (Å²) < 4.78 is 31.5. The van der Waals surface area contributed by atoms with Crippen LogP contribution in [0.1, 0.15) is 9.67 Å². The number of anilines is 1. The molecule has 0 aliphatic rings. The van der Waals surface area contributed by atoms with Gasteiger partial charge in [0.25, 0.3) is 10.0 Å². The Hall–Kier alpha value is -1.23. The van der Waals surface area contributed by atoms with Crippen LogP contribution in [0.2, 0.25) is 5.15 Å². The van der Waals surface area contributed by atoms with Crippen molar-refractivity contribution < 1.29 is 17.9 Å². The van der Waals surface area contributed by atoms with E-state index in [0.717, 1.165) is 11.3 Å². The van der Waals surface area contributed by atoms with Crippen LogP contribution in [0.25, 0.3) is 0 Å². The van der Waals surface area contributed by atoms with Crippen LogP contribution >= 0.6 is 38.9 Å². The molecule has 2 aromatic rings. The van der Waals surface area contributed by atoms with Crippen molar-refractivity contribution in [1.29, 1.82) is 0 Å². The summed E-state index contributed by atoms with van der Waals surface area (Å²) >= 11 is 9.71. The van der Waals surface area contributed by atoms with Gasteiger partial charge >= 0.3 is 5.97 Å². The number of sulfonamides is 1. The van der Waals surface area contributed by atoms with E-state index in [0.29, 0.717) is 0 Å². The number of thiophene rings is 1. The SMILES string of the molecule is COC(=O)c1cc(S(=O)(=O)Nc2nccc(Cl)n2)c(Br)s1. The third-order valence-electron chi connectivity index (χ3n) is 2.18. The van der Waals surface area contributed by atoms with Crippen LogP contribution in [0.5, 0.6) is 0 Å². The molecule has 2 heterocycles. The summed E-state index contributed by atoms with van der Waals surface area (Å²) in [6.07, 6.45) is 1.32.